The Hall–Kier alpha value is -2.40. The number of hydrogen-bond donors (Lipinski definition) is 2. The summed E-state index contributed by atoms with van der Waals surface area (Å²) in [6, 6.07) is 3.79. The molecule has 0 amide bonds. The second-order valence-corrected chi connectivity index (χ2v) is 11.1. The molecule has 0 aromatic carbocycles. The highest BCUT2D eigenvalue weighted by molar-refractivity contribution is 5.97. The number of nitrogens with one attached hydrogen (secondary N) is 1. The Kier molecular flexibility index (Phi) is 9.05. The lowest BCUT2D eigenvalue weighted by Gasteiger charge is -2.38. The van der Waals surface area contributed by atoms with Gasteiger partial charge in [-0.2, -0.15) is 0 Å². The molecular formula is C31H43NO4. The van der Waals surface area contributed by atoms with Gasteiger partial charge in [0.2, 0.25) is 0 Å². The van der Waals surface area contributed by atoms with Gasteiger partial charge >= 0.3 is 5.97 Å². The van der Waals surface area contributed by atoms with Gasteiger partial charge in [0.15, 0.2) is 5.78 Å². The van der Waals surface area contributed by atoms with Crippen molar-refractivity contribution < 1.29 is 19.4 Å². The van der Waals surface area contributed by atoms with E-state index in [1.165, 1.54) is 18.4 Å². The molecule has 1 aromatic heterocycles. The van der Waals surface area contributed by atoms with Gasteiger partial charge in [-0.3, -0.25) is 9.59 Å². The number of carboxylic acid groups (broad SMARTS) is 1. The molecular weight excluding hydrogens is 450 g/mol. The molecule has 1 unspecified atom stereocenters. The van der Waals surface area contributed by atoms with Gasteiger partial charge < -0.3 is 14.8 Å². The predicted octanol–water partition coefficient (Wildman–Crippen LogP) is 6.99. The maximum absolute atomic E-state index is 13.5. The van der Waals surface area contributed by atoms with Crippen molar-refractivity contribution in [3.63, 3.8) is 0 Å². The number of H-pyrrole nitrogens is 1. The fourth-order valence-corrected chi connectivity index (χ4v) is 6.81. The second-order valence-electron chi connectivity index (χ2n) is 11.1. The quantitative estimate of drug-likeness (QED) is 0.209. The fourth-order valence-electron chi connectivity index (χ4n) is 6.81. The number of carboxylic acids is 1. The molecule has 4 rings (SSSR count). The highest BCUT2D eigenvalue weighted by Gasteiger charge is 2.42. The van der Waals surface area contributed by atoms with E-state index in [1.807, 2.05) is 25.3 Å². The highest BCUT2D eigenvalue weighted by Crippen LogP contribution is 2.46. The SMILES string of the molecule is CCC[C@@H](C(=O)O)[C@H]1CC[C@H](C)C(/C(=C/C=C/[C@@H]2C=C[C@@H]3CCC[C@H]3[C@@H]2C(=O)c2ccc[nH]2)CC)O1. The summed E-state index contributed by atoms with van der Waals surface area (Å²) in [7, 11) is 0. The number of ether oxygens (including phenoxy) is 1. The molecule has 8 atom stereocenters. The van der Waals surface area contributed by atoms with Gasteiger partial charge in [-0.15, -0.1) is 0 Å². The number of carbonyl (C=O) groups is 2. The first-order chi connectivity index (χ1) is 17.4. The minimum absolute atomic E-state index is 0.0320. The van der Waals surface area contributed by atoms with Crippen molar-refractivity contribution >= 4 is 11.8 Å². The Labute approximate surface area is 216 Å². The zero-order valence-corrected chi connectivity index (χ0v) is 22.1. The number of hydrogen-bond acceptors (Lipinski definition) is 3. The Balaban J connectivity index is 1.52. The van der Waals surface area contributed by atoms with Crippen LogP contribution in [0.5, 0.6) is 0 Å². The summed E-state index contributed by atoms with van der Waals surface area (Å²) in [6.45, 7) is 6.38. The fraction of sp³-hybridized carbons (Fsp3) is 0.613. The van der Waals surface area contributed by atoms with Crippen LogP contribution in [0.2, 0.25) is 0 Å². The van der Waals surface area contributed by atoms with Crippen LogP contribution in [0.15, 0.2) is 54.3 Å². The number of aliphatic carboxylic acids is 1. The third kappa shape index (κ3) is 5.77. The molecule has 2 N–H and O–H groups in total. The van der Waals surface area contributed by atoms with Crippen LogP contribution in [0.25, 0.3) is 0 Å². The third-order valence-electron chi connectivity index (χ3n) is 8.78. The molecule has 1 aliphatic heterocycles. The highest BCUT2D eigenvalue weighted by atomic mass is 16.5. The van der Waals surface area contributed by atoms with Crippen molar-refractivity contribution in [2.75, 3.05) is 0 Å². The van der Waals surface area contributed by atoms with Gasteiger partial charge in [-0.1, -0.05) is 64.0 Å². The second kappa shape index (κ2) is 12.2. The zero-order chi connectivity index (χ0) is 25.7. The van der Waals surface area contributed by atoms with E-state index in [1.54, 1.807) is 0 Å². The van der Waals surface area contributed by atoms with Crippen molar-refractivity contribution in [1.29, 1.82) is 0 Å². The summed E-state index contributed by atoms with van der Waals surface area (Å²) in [5.74, 6) is 0.354. The van der Waals surface area contributed by atoms with Crippen LogP contribution in [0.1, 0.15) is 82.6 Å². The first-order valence-electron chi connectivity index (χ1n) is 14.1. The number of fused-ring (bicyclic) bond motifs is 1. The molecule has 0 bridgehead atoms. The van der Waals surface area contributed by atoms with Gasteiger partial charge in [-0.05, 0) is 74.0 Å². The zero-order valence-electron chi connectivity index (χ0n) is 22.1. The van der Waals surface area contributed by atoms with E-state index in [0.29, 0.717) is 29.9 Å². The smallest absolute Gasteiger partial charge is 0.309 e. The number of aromatic nitrogens is 1. The summed E-state index contributed by atoms with van der Waals surface area (Å²) in [6.07, 6.45) is 20.2. The molecule has 1 aromatic rings. The molecule has 1 saturated carbocycles. The standard InChI is InChI=1S/C31H43NO4/c1-4-9-25(31(34)35)27-18-15-20(3)30(36-27)21(5-2)10-6-12-23-17-16-22-11-7-13-24(22)28(23)29(33)26-14-8-19-32-26/h6,8,10,12,14,16-17,19-20,22-25,27-28,30,32H,4-5,7,9,11,13,15,18H2,1-3H3,(H,34,35)/b12-6+,21-10+/t20-,22-,23+,24+,25+,27+,28+,30?/m0/s1. The van der Waals surface area contributed by atoms with Gasteiger partial charge in [0, 0.05) is 18.0 Å². The summed E-state index contributed by atoms with van der Waals surface area (Å²) in [5.41, 5.74) is 1.91. The molecule has 196 valence electrons. The lowest BCUT2D eigenvalue weighted by molar-refractivity contribution is -0.154. The van der Waals surface area contributed by atoms with Crippen LogP contribution in [0, 0.1) is 35.5 Å². The maximum atomic E-state index is 13.5. The third-order valence-corrected chi connectivity index (χ3v) is 8.78. The number of carbonyl (C=O) groups excluding carboxylic acids is 1. The minimum atomic E-state index is -0.746. The van der Waals surface area contributed by atoms with E-state index in [0.717, 1.165) is 32.1 Å². The number of Topliss-reactive ketones (excluding diaryl/α,β-unsaturated/α-hetero) is 1. The van der Waals surface area contributed by atoms with Crippen LogP contribution < -0.4 is 0 Å². The molecule has 36 heavy (non-hydrogen) atoms. The van der Waals surface area contributed by atoms with Crippen molar-refractivity contribution in [3.05, 3.63) is 60.0 Å². The van der Waals surface area contributed by atoms with Crippen LogP contribution in [0.3, 0.4) is 0 Å². The van der Waals surface area contributed by atoms with Crippen molar-refractivity contribution in [2.45, 2.75) is 84.3 Å². The van der Waals surface area contributed by atoms with Gasteiger partial charge in [0.05, 0.1) is 23.8 Å². The van der Waals surface area contributed by atoms with Crippen molar-refractivity contribution in [1.82, 2.24) is 4.98 Å². The first-order valence-corrected chi connectivity index (χ1v) is 14.1. The number of allylic oxidation sites excluding steroid dienone is 5. The average molecular weight is 494 g/mol. The Morgan fingerprint density at radius 3 is 2.72 bits per heavy atom. The predicted molar refractivity (Wildman–Crippen MR) is 143 cm³/mol. The Morgan fingerprint density at radius 2 is 2.03 bits per heavy atom. The molecule has 0 spiro atoms. The van der Waals surface area contributed by atoms with Crippen LogP contribution in [0.4, 0.5) is 0 Å². The van der Waals surface area contributed by atoms with Crippen LogP contribution in [-0.4, -0.2) is 34.1 Å². The molecule has 2 heterocycles. The maximum Gasteiger partial charge on any atom is 0.309 e. The summed E-state index contributed by atoms with van der Waals surface area (Å²) in [5, 5.41) is 9.75. The summed E-state index contributed by atoms with van der Waals surface area (Å²) in [4.78, 5) is 28.5. The van der Waals surface area contributed by atoms with E-state index in [9.17, 15) is 14.7 Å². The van der Waals surface area contributed by atoms with Crippen LogP contribution in [-0.2, 0) is 9.53 Å². The molecule has 2 fully saturated rings. The van der Waals surface area contributed by atoms with E-state index in [-0.39, 0.29) is 29.8 Å². The molecule has 5 nitrogen and oxygen atoms in total. The lowest BCUT2D eigenvalue weighted by Crippen LogP contribution is -2.41. The summed E-state index contributed by atoms with van der Waals surface area (Å²) >= 11 is 0. The number of rotatable bonds is 10. The Bertz CT molecular complexity index is 975. The minimum Gasteiger partial charge on any atom is -0.481 e. The van der Waals surface area contributed by atoms with E-state index in [4.69, 9.17) is 4.74 Å². The van der Waals surface area contributed by atoms with E-state index in [2.05, 4.69) is 49.2 Å². The van der Waals surface area contributed by atoms with Crippen LogP contribution >= 0.6 is 0 Å². The molecule has 0 radical (unpaired) electrons. The van der Waals surface area contributed by atoms with E-state index < -0.39 is 11.9 Å². The molecule has 3 aliphatic rings. The number of aromatic amines is 1. The molecule has 1 saturated heterocycles. The van der Waals surface area contributed by atoms with E-state index >= 15 is 0 Å². The molecule has 2 aliphatic carbocycles. The van der Waals surface area contributed by atoms with Crippen molar-refractivity contribution in [2.24, 2.45) is 35.5 Å². The average Bonchev–Trinajstić information content (AvgIpc) is 3.57. The summed E-state index contributed by atoms with van der Waals surface area (Å²) < 4.78 is 6.48. The largest absolute Gasteiger partial charge is 0.481 e. The normalized spacial score (nSPS) is 33.5. The lowest BCUT2D eigenvalue weighted by atomic mass is 9.69. The monoisotopic (exact) mass is 493 g/mol. The van der Waals surface area contributed by atoms with Crippen molar-refractivity contribution in [3.8, 4) is 0 Å². The Morgan fingerprint density at radius 1 is 1.19 bits per heavy atom. The first kappa shape index (κ1) is 26.7. The van der Waals surface area contributed by atoms with Gasteiger partial charge in [-0.25, -0.2) is 0 Å². The topological polar surface area (TPSA) is 79.4 Å². The van der Waals surface area contributed by atoms with Gasteiger partial charge in [0.1, 0.15) is 0 Å². The van der Waals surface area contributed by atoms with Gasteiger partial charge in [0.25, 0.3) is 0 Å². The molecule has 5 heteroatoms. The number of ketones is 1.